The minimum absolute atomic E-state index is 0.230. The Morgan fingerprint density at radius 1 is 1.53 bits per heavy atom. The zero-order chi connectivity index (χ0) is 14.1. The third kappa shape index (κ3) is 2.15. The second kappa shape index (κ2) is 4.94. The average Bonchev–Trinajstić information content (AvgIpc) is 2.84. The first-order valence-electron chi connectivity index (χ1n) is 6.85. The largest absolute Gasteiger partial charge is 0.384 e. The molecule has 0 bridgehead atoms. The SMILES string of the molecule is CCC1CCC(C#N)(C(C)(O)c2ccccc2F)C1. The van der Waals surface area contributed by atoms with E-state index in [1.165, 1.54) is 6.07 Å². The van der Waals surface area contributed by atoms with Gasteiger partial charge < -0.3 is 5.11 Å². The number of hydrogen-bond acceptors (Lipinski definition) is 2. The zero-order valence-electron chi connectivity index (χ0n) is 11.5. The van der Waals surface area contributed by atoms with Crippen LogP contribution in [-0.4, -0.2) is 5.11 Å². The van der Waals surface area contributed by atoms with Crippen molar-refractivity contribution in [3.8, 4) is 6.07 Å². The molecule has 1 aliphatic rings. The molecule has 2 rings (SSSR count). The third-order valence-electron chi connectivity index (χ3n) is 4.74. The van der Waals surface area contributed by atoms with Crippen molar-refractivity contribution < 1.29 is 9.50 Å². The van der Waals surface area contributed by atoms with Crippen LogP contribution < -0.4 is 0 Å². The summed E-state index contributed by atoms with van der Waals surface area (Å²) < 4.78 is 14.0. The topological polar surface area (TPSA) is 44.0 Å². The summed E-state index contributed by atoms with van der Waals surface area (Å²) in [5, 5.41) is 20.5. The lowest BCUT2D eigenvalue weighted by atomic mass is 9.68. The van der Waals surface area contributed by atoms with Crippen LogP contribution in [0.1, 0.15) is 45.1 Å². The molecule has 19 heavy (non-hydrogen) atoms. The number of halogens is 1. The Balaban J connectivity index is 2.44. The van der Waals surface area contributed by atoms with Gasteiger partial charge in [0.25, 0.3) is 0 Å². The molecule has 1 aromatic carbocycles. The van der Waals surface area contributed by atoms with Gasteiger partial charge in [0.1, 0.15) is 11.4 Å². The van der Waals surface area contributed by atoms with Crippen LogP contribution in [0.5, 0.6) is 0 Å². The maximum Gasteiger partial charge on any atom is 0.129 e. The van der Waals surface area contributed by atoms with Gasteiger partial charge in [-0.1, -0.05) is 31.5 Å². The van der Waals surface area contributed by atoms with Crippen LogP contribution >= 0.6 is 0 Å². The molecule has 3 heteroatoms. The summed E-state index contributed by atoms with van der Waals surface area (Å²) in [6.45, 7) is 3.67. The van der Waals surface area contributed by atoms with Crippen LogP contribution in [0.2, 0.25) is 0 Å². The van der Waals surface area contributed by atoms with Gasteiger partial charge >= 0.3 is 0 Å². The number of rotatable bonds is 3. The molecule has 0 aromatic heterocycles. The van der Waals surface area contributed by atoms with E-state index < -0.39 is 16.8 Å². The van der Waals surface area contributed by atoms with Crippen LogP contribution in [0.25, 0.3) is 0 Å². The quantitative estimate of drug-likeness (QED) is 0.900. The second-order valence-corrected chi connectivity index (χ2v) is 5.76. The third-order valence-corrected chi connectivity index (χ3v) is 4.74. The van der Waals surface area contributed by atoms with Gasteiger partial charge in [-0.3, -0.25) is 0 Å². The van der Waals surface area contributed by atoms with E-state index in [9.17, 15) is 14.8 Å². The fraction of sp³-hybridized carbons (Fsp3) is 0.562. The molecule has 1 saturated carbocycles. The maximum atomic E-state index is 14.0. The summed E-state index contributed by atoms with van der Waals surface area (Å²) in [6, 6.07) is 8.50. The number of hydrogen-bond donors (Lipinski definition) is 1. The minimum atomic E-state index is -1.45. The Labute approximate surface area is 113 Å². The molecule has 0 radical (unpaired) electrons. The summed E-state index contributed by atoms with van der Waals surface area (Å²) in [4.78, 5) is 0. The lowest BCUT2D eigenvalue weighted by molar-refractivity contribution is -0.0469. The van der Waals surface area contributed by atoms with Crippen LogP contribution in [-0.2, 0) is 5.60 Å². The highest BCUT2D eigenvalue weighted by atomic mass is 19.1. The van der Waals surface area contributed by atoms with Crippen molar-refractivity contribution in [3.05, 3.63) is 35.6 Å². The zero-order valence-corrected chi connectivity index (χ0v) is 11.5. The summed E-state index contributed by atoms with van der Waals surface area (Å²) in [6.07, 6.45) is 3.19. The van der Waals surface area contributed by atoms with Crippen LogP contribution in [0.4, 0.5) is 4.39 Å². The lowest BCUT2D eigenvalue weighted by Gasteiger charge is -2.38. The lowest BCUT2D eigenvalue weighted by Crippen LogP contribution is -2.41. The van der Waals surface area contributed by atoms with E-state index >= 15 is 0 Å². The molecule has 0 amide bonds. The fourth-order valence-corrected chi connectivity index (χ4v) is 3.26. The highest BCUT2D eigenvalue weighted by Crippen LogP contribution is 2.53. The smallest absolute Gasteiger partial charge is 0.129 e. The fourth-order valence-electron chi connectivity index (χ4n) is 3.26. The Bertz CT molecular complexity index is 506. The van der Waals surface area contributed by atoms with Gasteiger partial charge in [0.15, 0.2) is 0 Å². The predicted octanol–water partition coefficient (Wildman–Crippen LogP) is 3.75. The monoisotopic (exact) mass is 261 g/mol. The van der Waals surface area contributed by atoms with Crippen LogP contribution in [0, 0.1) is 28.5 Å². The van der Waals surface area contributed by atoms with Crippen molar-refractivity contribution in [2.45, 2.75) is 45.1 Å². The van der Waals surface area contributed by atoms with Gasteiger partial charge in [0.05, 0.1) is 11.5 Å². The van der Waals surface area contributed by atoms with Crippen molar-refractivity contribution in [1.29, 1.82) is 5.26 Å². The molecule has 2 nitrogen and oxygen atoms in total. The first kappa shape index (κ1) is 14.0. The highest BCUT2D eigenvalue weighted by molar-refractivity contribution is 5.30. The van der Waals surface area contributed by atoms with Gasteiger partial charge in [-0.05, 0) is 38.2 Å². The van der Waals surface area contributed by atoms with Crippen molar-refractivity contribution in [2.24, 2.45) is 11.3 Å². The molecule has 0 saturated heterocycles. The number of nitriles is 1. The molecule has 3 unspecified atom stereocenters. The van der Waals surface area contributed by atoms with E-state index in [-0.39, 0.29) is 5.56 Å². The van der Waals surface area contributed by atoms with Crippen molar-refractivity contribution in [1.82, 2.24) is 0 Å². The van der Waals surface area contributed by atoms with Gasteiger partial charge in [0, 0.05) is 5.56 Å². The number of benzene rings is 1. The van der Waals surface area contributed by atoms with E-state index in [1.807, 2.05) is 0 Å². The normalized spacial score (nSPS) is 29.7. The maximum absolute atomic E-state index is 14.0. The predicted molar refractivity (Wildman–Crippen MR) is 71.6 cm³/mol. The molecule has 0 aliphatic heterocycles. The Hall–Kier alpha value is -1.40. The molecule has 1 aromatic rings. The molecule has 0 spiro atoms. The minimum Gasteiger partial charge on any atom is -0.384 e. The molecule has 1 fully saturated rings. The van der Waals surface area contributed by atoms with Crippen LogP contribution in [0.3, 0.4) is 0 Å². The molecule has 0 heterocycles. The number of aliphatic hydroxyl groups is 1. The average molecular weight is 261 g/mol. The molecule has 1 N–H and O–H groups in total. The van der Waals surface area contributed by atoms with Gasteiger partial charge in [-0.25, -0.2) is 4.39 Å². The van der Waals surface area contributed by atoms with E-state index in [4.69, 9.17) is 0 Å². The molecule has 1 aliphatic carbocycles. The Morgan fingerprint density at radius 3 is 2.74 bits per heavy atom. The van der Waals surface area contributed by atoms with E-state index in [0.29, 0.717) is 18.8 Å². The first-order chi connectivity index (χ1) is 8.97. The highest BCUT2D eigenvalue weighted by Gasteiger charge is 2.53. The molecule has 3 atom stereocenters. The summed E-state index contributed by atoms with van der Waals surface area (Å²) in [7, 11) is 0. The first-order valence-corrected chi connectivity index (χ1v) is 6.85. The summed E-state index contributed by atoms with van der Waals surface area (Å²) in [5.41, 5.74) is -2.10. The summed E-state index contributed by atoms with van der Waals surface area (Å²) >= 11 is 0. The van der Waals surface area contributed by atoms with Crippen molar-refractivity contribution in [2.75, 3.05) is 0 Å². The van der Waals surface area contributed by atoms with Crippen LogP contribution in [0.15, 0.2) is 24.3 Å². The van der Waals surface area contributed by atoms with Gasteiger partial charge in [-0.15, -0.1) is 0 Å². The van der Waals surface area contributed by atoms with E-state index in [0.717, 1.165) is 12.8 Å². The summed E-state index contributed by atoms with van der Waals surface area (Å²) in [5.74, 6) is -0.0000260. The molecular weight excluding hydrogens is 241 g/mol. The van der Waals surface area contributed by atoms with Gasteiger partial charge in [0.2, 0.25) is 0 Å². The van der Waals surface area contributed by atoms with E-state index in [1.54, 1.807) is 25.1 Å². The van der Waals surface area contributed by atoms with E-state index in [2.05, 4.69) is 13.0 Å². The number of nitrogens with zero attached hydrogens (tertiary/aromatic N) is 1. The standard InChI is InChI=1S/C16H20FNO/c1-3-12-8-9-16(10-12,11-18)15(2,19)13-6-4-5-7-14(13)17/h4-7,12,19H,3,8-10H2,1-2H3. The van der Waals surface area contributed by atoms with Gasteiger partial charge in [-0.2, -0.15) is 5.26 Å². The second-order valence-electron chi connectivity index (χ2n) is 5.76. The molecular formula is C16H20FNO. The Kier molecular flexibility index (Phi) is 3.64. The Morgan fingerprint density at radius 2 is 2.21 bits per heavy atom. The molecule has 102 valence electrons. The van der Waals surface area contributed by atoms with Crippen molar-refractivity contribution >= 4 is 0 Å². The van der Waals surface area contributed by atoms with Crippen molar-refractivity contribution in [3.63, 3.8) is 0 Å².